The number of hydrogen-bond acceptors (Lipinski definition) is 5. The molecular weight excluding hydrogens is 318 g/mol. The van der Waals surface area contributed by atoms with Crippen molar-refractivity contribution in [2.45, 2.75) is 19.9 Å². The van der Waals surface area contributed by atoms with Crippen LogP contribution in [0, 0.1) is 10.1 Å². The maximum Gasteiger partial charge on any atom is 0.282 e. The Bertz CT molecular complexity index is 618. The summed E-state index contributed by atoms with van der Waals surface area (Å²) >= 11 is 1.48. The molecule has 2 amide bonds. The van der Waals surface area contributed by atoms with Crippen LogP contribution in [0.2, 0.25) is 0 Å². The monoisotopic (exact) mass is 337 g/mol. The lowest BCUT2D eigenvalue weighted by molar-refractivity contribution is -0.385. The number of carbonyl (C=O) groups excluding carboxylic acids is 2. The third-order valence-corrected chi connectivity index (χ3v) is 4.85. The zero-order chi connectivity index (χ0) is 17.0. The van der Waals surface area contributed by atoms with Crippen LogP contribution in [0.4, 0.5) is 5.69 Å². The second kappa shape index (κ2) is 7.45. The van der Waals surface area contributed by atoms with Crippen LogP contribution in [0.3, 0.4) is 0 Å². The van der Waals surface area contributed by atoms with Crippen molar-refractivity contribution in [1.82, 2.24) is 9.80 Å². The van der Waals surface area contributed by atoms with Gasteiger partial charge in [0, 0.05) is 24.9 Å². The first-order chi connectivity index (χ1) is 11.0. The van der Waals surface area contributed by atoms with Crippen molar-refractivity contribution >= 4 is 29.3 Å². The van der Waals surface area contributed by atoms with Gasteiger partial charge in [0.1, 0.15) is 11.6 Å². The molecule has 8 heteroatoms. The van der Waals surface area contributed by atoms with Crippen molar-refractivity contribution in [2.75, 3.05) is 24.7 Å². The normalized spacial score (nSPS) is 17.1. The molecule has 7 nitrogen and oxygen atoms in total. The molecule has 1 aromatic rings. The van der Waals surface area contributed by atoms with E-state index in [4.69, 9.17) is 0 Å². The van der Waals surface area contributed by atoms with Gasteiger partial charge in [-0.2, -0.15) is 0 Å². The van der Waals surface area contributed by atoms with Crippen molar-refractivity contribution in [3.8, 4) is 0 Å². The van der Waals surface area contributed by atoms with E-state index in [2.05, 4.69) is 0 Å². The van der Waals surface area contributed by atoms with E-state index in [0.717, 1.165) is 0 Å². The lowest BCUT2D eigenvalue weighted by atomic mass is 10.1. The Labute approximate surface area is 138 Å². The number of nitro groups is 1. The lowest BCUT2D eigenvalue weighted by Gasteiger charge is -2.28. The van der Waals surface area contributed by atoms with E-state index >= 15 is 0 Å². The summed E-state index contributed by atoms with van der Waals surface area (Å²) in [5.41, 5.74) is -0.208. The summed E-state index contributed by atoms with van der Waals surface area (Å²) in [6.45, 7) is 4.92. The van der Waals surface area contributed by atoms with Gasteiger partial charge in [-0.25, -0.2) is 0 Å². The topological polar surface area (TPSA) is 83.8 Å². The van der Waals surface area contributed by atoms with Gasteiger partial charge in [0.05, 0.1) is 10.8 Å². The predicted octanol–water partition coefficient (Wildman–Crippen LogP) is 1.98. The molecule has 1 fully saturated rings. The Morgan fingerprint density at radius 3 is 2.61 bits per heavy atom. The Morgan fingerprint density at radius 2 is 2.00 bits per heavy atom. The molecule has 2 rings (SSSR count). The number of nitro benzene ring substituents is 1. The molecule has 1 heterocycles. The van der Waals surface area contributed by atoms with Crippen LogP contribution in [-0.2, 0) is 4.79 Å². The summed E-state index contributed by atoms with van der Waals surface area (Å²) in [6, 6.07) is 5.28. The van der Waals surface area contributed by atoms with Crippen molar-refractivity contribution in [3.05, 3.63) is 39.9 Å². The summed E-state index contributed by atoms with van der Waals surface area (Å²) in [5.74, 6) is 0.310. The molecular formula is C15H19N3O4S. The summed E-state index contributed by atoms with van der Waals surface area (Å²) in [6.07, 6.45) is 0. The highest BCUT2D eigenvalue weighted by molar-refractivity contribution is 7.99. The van der Waals surface area contributed by atoms with Crippen molar-refractivity contribution < 1.29 is 14.5 Å². The molecule has 0 unspecified atom stereocenters. The summed E-state index contributed by atoms with van der Waals surface area (Å²) in [7, 11) is 0. The van der Waals surface area contributed by atoms with Gasteiger partial charge in [-0.1, -0.05) is 12.1 Å². The zero-order valence-electron chi connectivity index (χ0n) is 13.1. The molecule has 0 radical (unpaired) electrons. The van der Waals surface area contributed by atoms with Crippen molar-refractivity contribution in [1.29, 1.82) is 0 Å². The predicted molar refractivity (Wildman–Crippen MR) is 88.3 cm³/mol. The van der Waals surface area contributed by atoms with E-state index in [0.29, 0.717) is 24.7 Å². The van der Waals surface area contributed by atoms with E-state index in [9.17, 15) is 19.7 Å². The minimum Gasteiger partial charge on any atom is -0.341 e. The molecule has 1 atom stereocenters. The summed E-state index contributed by atoms with van der Waals surface area (Å²) in [4.78, 5) is 38.9. The Balaban J connectivity index is 2.28. The average molecular weight is 337 g/mol. The number of nitrogens with zero attached hydrogens (tertiary/aromatic N) is 3. The fraction of sp³-hybridized carbons (Fsp3) is 0.467. The molecule has 0 aliphatic carbocycles. The first kappa shape index (κ1) is 17.3. The molecule has 0 saturated carbocycles. The number of para-hydroxylation sites is 1. The van der Waals surface area contributed by atoms with E-state index < -0.39 is 16.9 Å². The van der Waals surface area contributed by atoms with Crippen LogP contribution in [-0.4, -0.2) is 57.3 Å². The van der Waals surface area contributed by atoms with Gasteiger partial charge < -0.3 is 9.80 Å². The van der Waals surface area contributed by atoms with Gasteiger partial charge in [0.2, 0.25) is 5.91 Å². The van der Waals surface area contributed by atoms with Gasteiger partial charge in [-0.15, -0.1) is 11.8 Å². The fourth-order valence-corrected chi connectivity index (χ4v) is 3.71. The van der Waals surface area contributed by atoms with Gasteiger partial charge in [0.15, 0.2) is 0 Å². The minimum absolute atomic E-state index is 0.0253. The highest BCUT2D eigenvalue weighted by atomic mass is 32.2. The summed E-state index contributed by atoms with van der Waals surface area (Å²) in [5, 5.41) is 11.1. The molecule has 1 saturated heterocycles. The van der Waals surface area contributed by atoms with Gasteiger partial charge in [-0.3, -0.25) is 19.7 Å². The lowest BCUT2D eigenvalue weighted by Crippen LogP contribution is -2.49. The Kier molecular flexibility index (Phi) is 5.59. The van der Waals surface area contributed by atoms with Crippen LogP contribution >= 0.6 is 11.8 Å². The van der Waals surface area contributed by atoms with Crippen molar-refractivity contribution in [3.63, 3.8) is 0 Å². The molecule has 23 heavy (non-hydrogen) atoms. The molecule has 0 aromatic heterocycles. The van der Waals surface area contributed by atoms with Crippen LogP contribution in [0.15, 0.2) is 24.3 Å². The van der Waals surface area contributed by atoms with E-state index in [1.807, 2.05) is 13.8 Å². The number of amides is 2. The van der Waals surface area contributed by atoms with Gasteiger partial charge in [-0.05, 0) is 19.9 Å². The number of likely N-dealkylation sites (N-methyl/N-ethyl adjacent to an activating group) is 1. The third kappa shape index (κ3) is 3.47. The van der Waals surface area contributed by atoms with Crippen LogP contribution in [0.5, 0.6) is 0 Å². The van der Waals surface area contributed by atoms with Crippen LogP contribution in [0.1, 0.15) is 24.2 Å². The average Bonchev–Trinajstić information content (AvgIpc) is 3.04. The number of thioether (sulfide) groups is 1. The second-order valence-corrected chi connectivity index (χ2v) is 6.08. The molecule has 124 valence electrons. The number of rotatable bonds is 5. The maximum atomic E-state index is 12.7. The highest BCUT2D eigenvalue weighted by Crippen LogP contribution is 2.27. The highest BCUT2D eigenvalue weighted by Gasteiger charge is 2.38. The minimum atomic E-state index is -0.572. The SMILES string of the molecule is CCN(CC)C(=O)[C@@H]1CSCN1C(=O)c1ccccc1[N+](=O)[O-]. The largest absolute Gasteiger partial charge is 0.341 e. The van der Waals surface area contributed by atoms with Crippen LogP contribution < -0.4 is 0 Å². The number of carbonyl (C=O) groups is 2. The van der Waals surface area contributed by atoms with Gasteiger partial charge in [0.25, 0.3) is 11.6 Å². The molecule has 0 N–H and O–H groups in total. The smallest absolute Gasteiger partial charge is 0.282 e. The molecule has 1 aliphatic rings. The van der Waals surface area contributed by atoms with Crippen LogP contribution in [0.25, 0.3) is 0 Å². The molecule has 0 bridgehead atoms. The first-order valence-electron chi connectivity index (χ1n) is 7.42. The number of benzene rings is 1. The Hall–Kier alpha value is -2.09. The van der Waals surface area contributed by atoms with E-state index in [1.54, 1.807) is 11.0 Å². The molecule has 0 spiro atoms. The fourth-order valence-electron chi connectivity index (χ4n) is 2.56. The third-order valence-electron chi connectivity index (χ3n) is 3.83. The van der Waals surface area contributed by atoms with E-state index in [-0.39, 0.29) is 17.2 Å². The number of hydrogen-bond donors (Lipinski definition) is 0. The second-order valence-electron chi connectivity index (χ2n) is 5.08. The first-order valence-corrected chi connectivity index (χ1v) is 8.57. The van der Waals surface area contributed by atoms with Crippen molar-refractivity contribution in [2.24, 2.45) is 0 Å². The zero-order valence-corrected chi connectivity index (χ0v) is 13.9. The molecule has 1 aromatic carbocycles. The van der Waals surface area contributed by atoms with E-state index in [1.165, 1.54) is 34.9 Å². The standard InChI is InChI=1S/C15H19N3O4S/c1-3-16(4-2)15(20)13-9-23-10-17(13)14(19)11-7-5-6-8-12(11)18(21)22/h5-8,13H,3-4,9-10H2,1-2H3/t13-/m0/s1. The van der Waals surface area contributed by atoms with Gasteiger partial charge >= 0.3 is 0 Å². The molecule has 1 aliphatic heterocycles. The quantitative estimate of drug-likeness (QED) is 0.606. The summed E-state index contributed by atoms with van der Waals surface area (Å²) < 4.78 is 0. The maximum absolute atomic E-state index is 12.7. The Morgan fingerprint density at radius 1 is 1.35 bits per heavy atom.